The van der Waals surface area contributed by atoms with Crippen LogP contribution in [0.4, 0.5) is 11.8 Å². The number of hydrazine groups is 1. The van der Waals surface area contributed by atoms with Crippen LogP contribution in [-0.4, -0.2) is 33.3 Å². The molecule has 98 valence electrons. The van der Waals surface area contributed by atoms with E-state index in [1.807, 2.05) is 6.92 Å². The molecule has 2 fully saturated rings. The highest BCUT2D eigenvalue weighted by Gasteiger charge is 2.41. The molecule has 6 heteroatoms. The monoisotopic (exact) mass is 249 g/mol. The van der Waals surface area contributed by atoms with Crippen molar-refractivity contribution in [1.82, 2.24) is 9.97 Å². The number of hydrogen-bond acceptors (Lipinski definition) is 6. The minimum absolute atomic E-state index is 0.159. The summed E-state index contributed by atoms with van der Waals surface area (Å²) >= 11 is 0. The third-order valence-electron chi connectivity index (χ3n) is 4.03. The number of nitrogens with two attached hydrogens (primary N) is 1. The standard InChI is InChI=1S/C12H19N5O/c1-7-6-14-12(16-13)15-11(7)17-8-2-3-9(17)5-10(18)4-8/h6,8-10,18H,2-5,13H2,1H3,(H,14,15,16). The fraction of sp³-hybridized carbons (Fsp3) is 0.667. The molecule has 0 amide bonds. The van der Waals surface area contributed by atoms with Crippen molar-refractivity contribution in [3.05, 3.63) is 11.8 Å². The quantitative estimate of drug-likeness (QED) is 0.524. The van der Waals surface area contributed by atoms with E-state index in [9.17, 15) is 5.11 Å². The molecule has 2 unspecified atom stereocenters. The number of aromatic nitrogens is 2. The van der Waals surface area contributed by atoms with Crippen molar-refractivity contribution in [1.29, 1.82) is 0 Å². The zero-order valence-corrected chi connectivity index (χ0v) is 10.5. The Morgan fingerprint density at radius 1 is 1.39 bits per heavy atom. The van der Waals surface area contributed by atoms with E-state index in [1.54, 1.807) is 6.20 Å². The van der Waals surface area contributed by atoms with Gasteiger partial charge in [0.05, 0.1) is 6.10 Å². The molecule has 2 bridgehead atoms. The average Bonchev–Trinajstić information content (AvgIpc) is 2.63. The fourth-order valence-corrected chi connectivity index (χ4v) is 3.26. The number of nitrogens with one attached hydrogen (secondary N) is 1. The van der Waals surface area contributed by atoms with Crippen LogP contribution in [-0.2, 0) is 0 Å². The molecule has 2 aliphatic rings. The Hall–Kier alpha value is -1.40. The van der Waals surface area contributed by atoms with Crippen LogP contribution in [0.15, 0.2) is 6.20 Å². The molecule has 4 N–H and O–H groups in total. The second-order valence-electron chi connectivity index (χ2n) is 5.26. The van der Waals surface area contributed by atoms with Gasteiger partial charge in [-0.05, 0) is 32.6 Å². The predicted molar refractivity (Wildman–Crippen MR) is 69.1 cm³/mol. The number of aliphatic hydroxyl groups excluding tert-OH is 1. The van der Waals surface area contributed by atoms with Gasteiger partial charge in [-0.15, -0.1) is 0 Å². The first-order valence-electron chi connectivity index (χ1n) is 6.45. The zero-order chi connectivity index (χ0) is 12.7. The third kappa shape index (κ3) is 1.81. The summed E-state index contributed by atoms with van der Waals surface area (Å²) in [5, 5.41) is 9.83. The molecule has 2 atom stereocenters. The summed E-state index contributed by atoms with van der Waals surface area (Å²) in [6.07, 6.45) is 5.58. The van der Waals surface area contributed by atoms with Crippen LogP contribution >= 0.6 is 0 Å². The van der Waals surface area contributed by atoms with Gasteiger partial charge < -0.3 is 10.0 Å². The van der Waals surface area contributed by atoms with Gasteiger partial charge in [-0.2, -0.15) is 4.98 Å². The van der Waals surface area contributed by atoms with Crippen LogP contribution in [0.3, 0.4) is 0 Å². The minimum Gasteiger partial charge on any atom is -0.393 e. The zero-order valence-electron chi connectivity index (χ0n) is 10.5. The van der Waals surface area contributed by atoms with Gasteiger partial charge in [0.1, 0.15) is 5.82 Å². The Kier molecular flexibility index (Phi) is 2.83. The summed E-state index contributed by atoms with van der Waals surface area (Å²) < 4.78 is 0. The number of piperidine rings is 1. The van der Waals surface area contributed by atoms with Gasteiger partial charge in [-0.25, -0.2) is 10.8 Å². The second kappa shape index (κ2) is 4.37. The lowest BCUT2D eigenvalue weighted by molar-refractivity contribution is 0.126. The Balaban J connectivity index is 1.95. The van der Waals surface area contributed by atoms with Crippen LogP contribution in [0.1, 0.15) is 31.2 Å². The van der Waals surface area contributed by atoms with E-state index in [-0.39, 0.29) is 6.10 Å². The van der Waals surface area contributed by atoms with Crippen LogP contribution < -0.4 is 16.2 Å². The van der Waals surface area contributed by atoms with E-state index in [0.717, 1.165) is 37.1 Å². The van der Waals surface area contributed by atoms with Crippen molar-refractivity contribution >= 4 is 11.8 Å². The number of nitrogens with zero attached hydrogens (tertiary/aromatic N) is 3. The van der Waals surface area contributed by atoms with Gasteiger partial charge in [0.15, 0.2) is 0 Å². The van der Waals surface area contributed by atoms with Crippen molar-refractivity contribution in [2.75, 3.05) is 10.3 Å². The lowest BCUT2D eigenvalue weighted by Gasteiger charge is -2.38. The molecule has 1 aromatic rings. The lowest BCUT2D eigenvalue weighted by Crippen LogP contribution is -2.45. The van der Waals surface area contributed by atoms with Gasteiger partial charge in [0, 0.05) is 23.8 Å². The van der Waals surface area contributed by atoms with E-state index >= 15 is 0 Å². The Morgan fingerprint density at radius 2 is 2.06 bits per heavy atom. The van der Waals surface area contributed by atoms with Crippen LogP contribution in [0.25, 0.3) is 0 Å². The maximum absolute atomic E-state index is 9.83. The van der Waals surface area contributed by atoms with Crippen molar-refractivity contribution in [3.63, 3.8) is 0 Å². The number of aliphatic hydroxyl groups is 1. The highest BCUT2D eigenvalue weighted by Crippen LogP contribution is 2.39. The third-order valence-corrected chi connectivity index (χ3v) is 4.03. The van der Waals surface area contributed by atoms with E-state index in [2.05, 4.69) is 20.3 Å². The average molecular weight is 249 g/mol. The van der Waals surface area contributed by atoms with Crippen LogP contribution in [0.2, 0.25) is 0 Å². The number of hydrogen-bond donors (Lipinski definition) is 3. The summed E-state index contributed by atoms with van der Waals surface area (Å²) in [4.78, 5) is 10.9. The first-order chi connectivity index (χ1) is 8.69. The summed E-state index contributed by atoms with van der Waals surface area (Å²) in [5.74, 6) is 6.77. The maximum atomic E-state index is 9.83. The molecular formula is C12H19N5O. The molecule has 3 rings (SSSR count). The van der Waals surface area contributed by atoms with Crippen molar-refractivity contribution in [2.24, 2.45) is 5.84 Å². The van der Waals surface area contributed by atoms with E-state index in [4.69, 9.17) is 5.84 Å². The van der Waals surface area contributed by atoms with Crippen molar-refractivity contribution in [3.8, 4) is 0 Å². The number of aryl methyl sites for hydroxylation is 1. The summed E-state index contributed by atoms with van der Waals surface area (Å²) in [6, 6.07) is 0.802. The SMILES string of the molecule is Cc1cnc(NN)nc1N1C2CCC1CC(O)C2. The summed E-state index contributed by atoms with van der Waals surface area (Å²) in [6.45, 7) is 2.01. The normalized spacial score (nSPS) is 30.6. The Labute approximate surface area is 106 Å². The largest absolute Gasteiger partial charge is 0.393 e. The van der Waals surface area contributed by atoms with Crippen LogP contribution in [0, 0.1) is 6.92 Å². The highest BCUT2D eigenvalue weighted by molar-refractivity contribution is 5.52. The number of fused-ring (bicyclic) bond motifs is 2. The van der Waals surface area contributed by atoms with Gasteiger partial charge in [0.25, 0.3) is 0 Å². The van der Waals surface area contributed by atoms with Gasteiger partial charge in [0.2, 0.25) is 5.95 Å². The molecule has 18 heavy (non-hydrogen) atoms. The molecule has 2 saturated heterocycles. The molecule has 3 heterocycles. The molecule has 0 aromatic carbocycles. The highest BCUT2D eigenvalue weighted by atomic mass is 16.3. The molecule has 0 saturated carbocycles. The van der Waals surface area contributed by atoms with Crippen LogP contribution in [0.5, 0.6) is 0 Å². The van der Waals surface area contributed by atoms with E-state index < -0.39 is 0 Å². The van der Waals surface area contributed by atoms with E-state index in [1.165, 1.54) is 0 Å². The van der Waals surface area contributed by atoms with Gasteiger partial charge in [-0.1, -0.05) is 0 Å². The first-order valence-corrected chi connectivity index (χ1v) is 6.45. The molecule has 6 nitrogen and oxygen atoms in total. The maximum Gasteiger partial charge on any atom is 0.239 e. The smallest absolute Gasteiger partial charge is 0.239 e. The first kappa shape index (κ1) is 11.7. The Bertz CT molecular complexity index is 438. The molecule has 0 radical (unpaired) electrons. The van der Waals surface area contributed by atoms with Gasteiger partial charge in [-0.3, -0.25) is 5.43 Å². The van der Waals surface area contributed by atoms with Crippen molar-refractivity contribution < 1.29 is 5.11 Å². The Morgan fingerprint density at radius 3 is 2.67 bits per heavy atom. The topological polar surface area (TPSA) is 87.3 Å². The molecule has 0 aliphatic carbocycles. The molecule has 1 aromatic heterocycles. The minimum atomic E-state index is -0.159. The summed E-state index contributed by atoms with van der Waals surface area (Å²) in [5.41, 5.74) is 3.55. The number of anilines is 2. The predicted octanol–water partition coefficient (Wildman–Crippen LogP) is 0.563. The molecule has 0 spiro atoms. The van der Waals surface area contributed by atoms with E-state index in [0.29, 0.717) is 18.0 Å². The molecular weight excluding hydrogens is 230 g/mol. The second-order valence-corrected chi connectivity index (χ2v) is 5.26. The fourth-order valence-electron chi connectivity index (χ4n) is 3.26. The lowest BCUT2D eigenvalue weighted by atomic mass is 9.99. The number of nitrogen functional groups attached to an aromatic ring is 1. The summed E-state index contributed by atoms with van der Waals surface area (Å²) in [7, 11) is 0. The molecule has 2 aliphatic heterocycles. The van der Waals surface area contributed by atoms with Gasteiger partial charge >= 0.3 is 0 Å². The van der Waals surface area contributed by atoms with Crippen molar-refractivity contribution in [2.45, 2.75) is 50.8 Å². The number of rotatable bonds is 2.